The number of nitrogens with one attached hydrogen (secondary N) is 1. The summed E-state index contributed by atoms with van der Waals surface area (Å²) in [5.74, 6) is 0.542. The van der Waals surface area contributed by atoms with E-state index in [2.05, 4.69) is 60.2 Å². The molecule has 0 aliphatic heterocycles. The Kier molecular flexibility index (Phi) is 5.29. The lowest BCUT2D eigenvalue weighted by molar-refractivity contribution is 0.171. The molecule has 1 N–H and O–H groups in total. The maximum Gasteiger partial charge on any atom is 0.0666 e. The number of halogens is 1. The van der Waals surface area contributed by atoms with Crippen molar-refractivity contribution >= 4 is 21.6 Å². The van der Waals surface area contributed by atoms with Gasteiger partial charge in [0.2, 0.25) is 0 Å². The van der Waals surface area contributed by atoms with E-state index in [0.29, 0.717) is 12.0 Å². The standard InChI is InChI=1S/C13H20BrNO/c1-9(2)13(8-16-4)15-11-6-5-10(3)12(14)7-11/h5-7,9,13,15H,8H2,1-4H3. The number of hydrogen-bond donors (Lipinski definition) is 1. The highest BCUT2D eigenvalue weighted by Crippen LogP contribution is 2.22. The number of rotatable bonds is 5. The third-order valence-corrected chi connectivity index (χ3v) is 3.53. The minimum Gasteiger partial charge on any atom is -0.383 e. The van der Waals surface area contributed by atoms with Gasteiger partial charge < -0.3 is 10.1 Å². The fourth-order valence-electron chi connectivity index (χ4n) is 1.48. The molecular weight excluding hydrogens is 266 g/mol. The zero-order chi connectivity index (χ0) is 12.1. The second-order valence-electron chi connectivity index (χ2n) is 4.41. The first kappa shape index (κ1) is 13.5. The summed E-state index contributed by atoms with van der Waals surface area (Å²) >= 11 is 3.54. The average molecular weight is 286 g/mol. The number of benzene rings is 1. The molecule has 0 saturated carbocycles. The molecule has 0 spiro atoms. The molecule has 1 unspecified atom stereocenters. The maximum absolute atomic E-state index is 5.22. The van der Waals surface area contributed by atoms with Crippen LogP contribution in [0.3, 0.4) is 0 Å². The van der Waals surface area contributed by atoms with Crippen molar-refractivity contribution in [3.63, 3.8) is 0 Å². The van der Waals surface area contributed by atoms with Crippen molar-refractivity contribution in [1.82, 2.24) is 0 Å². The number of anilines is 1. The number of ether oxygens (including phenoxy) is 1. The lowest BCUT2D eigenvalue weighted by Crippen LogP contribution is -2.30. The molecule has 1 aromatic carbocycles. The highest BCUT2D eigenvalue weighted by atomic mass is 79.9. The van der Waals surface area contributed by atoms with Crippen LogP contribution in [0.25, 0.3) is 0 Å². The topological polar surface area (TPSA) is 21.3 Å². The molecule has 2 nitrogen and oxygen atoms in total. The molecule has 0 fully saturated rings. The zero-order valence-electron chi connectivity index (χ0n) is 10.4. The molecule has 0 saturated heterocycles. The molecule has 90 valence electrons. The summed E-state index contributed by atoms with van der Waals surface area (Å²) < 4.78 is 6.35. The molecule has 0 aromatic heterocycles. The maximum atomic E-state index is 5.22. The van der Waals surface area contributed by atoms with Crippen LogP contribution in [0, 0.1) is 12.8 Å². The van der Waals surface area contributed by atoms with Crippen LogP contribution in [0.1, 0.15) is 19.4 Å². The van der Waals surface area contributed by atoms with Gasteiger partial charge in [0.05, 0.1) is 12.6 Å². The smallest absolute Gasteiger partial charge is 0.0666 e. The van der Waals surface area contributed by atoms with E-state index in [-0.39, 0.29) is 0 Å². The van der Waals surface area contributed by atoms with Crippen molar-refractivity contribution < 1.29 is 4.74 Å². The Morgan fingerprint density at radius 1 is 1.38 bits per heavy atom. The van der Waals surface area contributed by atoms with E-state index in [1.165, 1.54) is 5.56 Å². The van der Waals surface area contributed by atoms with Crippen LogP contribution in [0.2, 0.25) is 0 Å². The third kappa shape index (κ3) is 3.80. The first-order chi connectivity index (χ1) is 7.54. The van der Waals surface area contributed by atoms with Crippen molar-refractivity contribution in [2.45, 2.75) is 26.8 Å². The molecule has 16 heavy (non-hydrogen) atoms. The van der Waals surface area contributed by atoms with Crippen LogP contribution in [0.5, 0.6) is 0 Å². The Morgan fingerprint density at radius 3 is 2.56 bits per heavy atom. The molecule has 1 rings (SSSR count). The first-order valence-corrected chi connectivity index (χ1v) is 6.35. The van der Waals surface area contributed by atoms with Gasteiger partial charge in [-0.1, -0.05) is 35.8 Å². The van der Waals surface area contributed by atoms with E-state index in [4.69, 9.17) is 4.74 Å². The lowest BCUT2D eigenvalue weighted by atomic mass is 10.0. The fraction of sp³-hybridized carbons (Fsp3) is 0.538. The molecule has 0 aliphatic rings. The van der Waals surface area contributed by atoms with Gasteiger partial charge in [-0.15, -0.1) is 0 Å². The van der Waals surface area contributed by atoms with E-state index in [1.807, 2.05) is 0 Å². The van der Waals surface area contributed by atoms with Crippen LogP contribution in [0.4, 0.5) is 5.69 Å². The minimum absolute atomic E-state index is 0.347. The highest BCUT2D eigenvalue weighted by molar-refractivity contribution is 9.10. The van der Waals surface area contributed by atoms with Gasteiger partial charge >= 0.3 is 0 Å². The minimum atomic E-state index is 0.347. The summed E-state index contributed by atoms with van der Waals surface area (Å²) in [5.41, 5.74) is 2.38. The van der Waals surface area contributed by atoms with Crippen molar-refractivity contribution in [3.05, 3.63) is 28.2 Å². The van der Waals surface area contributed by atoms with Crippen LogP contribution in [-0.2, 0) is 4.74 Å². The second kappa shape index (κ2) is 6.26. The average Bonchev–Trinajstić information content (AvgIpc) is 2.22. The molecule has 0 bridgehead atoms. The number of aryl methyl sites for hydroxylation is 1. The summed E-state index contributed by atoms with van der Waals surface area (Å²) in [4.78, 5) is 0. The molecule has 0 aliphatic carbocycles. The summed E-state index contributed by atoms with van der Waals surface area (Å²) in [7, 11) is 1.74. The van der Waals surface area contributed by atoms with E-state index in [1.54, 1.807) is 7.11 Å². The van der Waals surface area contributed by atoms with E-state index < -0.39 is 0 Å². The van der Waals surface area contributed by atoms with Crippen LogP contribution < -0.4 is 5.32 Å². The quantitative estimate of drug-likeness (QED) is 0.888. The van der Waals surface area contributed by atoms with Gasteiger partial charge in [0.15, 0.2) is 0 Å². The number of methoxy groups -OCH3 is 1. The lowest BCUT2D eigenvalue weighted by Gasteiger charge is -2.23. The molecule has 1 aromatic rings. The van der Waals surface area contributed by atoms with Gasteiger partial charge in [0.25, 0.3) is 0 Å². The Bertz CT molecular complexity index is 339. The van der Waals surface area contributed by atoms with Crippen LogP contribution in [-0.4, -0.2) is 19.8 Å². The molecule has 0 radical (unpaired) electrons. The first-order valence-electron chi connectivity index (χ1n) is 5.56. The molecule has 0 heterocycles. The monoisotopic (exact) mass is 285 g/mol. The molecule has 0 amide bonds. The highest BCUT2D eigenvalue weighted by Gasteiger charge is 2.12. The summed E-state index contributed by atoms with van der Waals surface area (Å²) in [6, 6.07) is 6.67. The molecular formula is C13H20BrNO. The van der Waals surface area contributed by atoms with Crippen molar-refractivity contribution in [2.75, 3.05) is 19.0 Å². The van der Waals surface area contributed by atoms with Gasteiger partial charge in [0, 0.05) is 17.3 Å². The van der Waals surface area contributed by atoms with Gasteiger partial charge in [-0.2, -0.15) is 0 Å². The Labute approximate surface area is 107 Å². The van der Waals surface area contributed by atoms with E-state index >= 15 is 0 Å². The summed E-state index contributed by atoms with van der Waals surface area (Å²) in [5, 5.41) is 3.49. The van der Waals surface area contributed by atoms with Gasteiger partial charge in [-0.25, -0.2) is 0 Å². The Morgan fingerprint density at radius 2 is 2.06 bits per heavy atom. The van der Waals surface area contributed by atoms with Gasteiger partial charge in [-0.05, 0) is 30.5 Å². The molecule has 1 atom stereocenters. The van der Waals surface area contributed by atoms with Crippen molar-refractivity contribution in [3.8, 4) is 0 Å². The van der Waals surface area contributed by atoms with Crippen molar-refractivity contribution in [2.24, 2.45) is 5.92 Å². The summed E-state index contributed by atoms with van der Waals surface area (Å²) in [6.45, 7) is 7.20. The Balaban J connectivity index is 2.73. The largest absolute Gasteiger partial charge is 0.383 e. The normalized spacial score (nSPS) is 12.9. The zero-order valence-corrected chi connectivity index (χ0v) is 12.0. The van der Waals surface area contributed by atoms with Gasteiger partial charge in [-0.3, -0.25) is 0 Å². The van der Waals surface area contributed by atoms with Crippen LogP contribution >= 0.6 is 15.9 Å². The van der Waals surface area contributed by atoms with Gasteiger partial charge in [0.1, 0.15) is 0 Å². The number of hydrogen-bond acceptors (Lipinski definition) is 2. The predicted molar refractivity (Wildman–Crippen MR) is 73.0 cm³/mol. The van der Waals surface area contributed by atoms with Crippen LogP contribution in [0.15, 0.2) is 22.7 Å². The second-order valence-corrected chi connectivity index (χ2v) is 5.27. The fourth-order valence-corrected chi connectivity index (χ4v) is 1.86. The van der Waals surface area contributed by atoms with E-state index in [0.717, 1.165) is 16.8 Å². The molecule has 3 heteroatoms. The summed E-state index contributed by atoms with van der Waals surface area (Å²) in [6.07, 6.45) is 0. The predicted octanol–water partition coefficient (Wildman–Crippen LogP) is 3.84. The SMILES string of the molecule is COCC(Nc1ccc(C)c(Br)c1)C(C)C. The third-order valence-electron chi connectivity index (χ3n) is 2.67. The van der Waals surface area contributed by atoms with Crippen molar-refractivity contribution in [1.29, 1.82) is 0 Å². The van der Waals surface area contributed by atoms with E-state index in [9.17, 15) is 0 Å². The Hall–Kier alpha value is -0.540.